The van der Waals surface area contributed by atoms with Crippen LogP contribution in [0.2, 0.25) is 0 Å². The van der Waals surface area contributed by atoms with Gasteiger partial charge in [0.2, 0.25) is 0 Å². The number of nitrogens with zero attached hydrogens (tertiary/aromatic N) is 2. The smallest absolute Gasteiger partial charge is 0.0399 e. The lowest BCUT2D eigenvalue weighted by atomic mass is 10.2. The van der Waals surface area contributed by atoms with Crippen molar-refractivity contribution in [1.29, 1.82) is 0 Å². The van der Waals surface area contributed by atoms with Gasteiger partial charge >= 0.3 is 0 Å². The van der Waals surface area contributed by atoms with Crippen LogP contribution in [-0.4, -0.2) is 23.5 Å². The molecule has 13 heavy (non-hydrogen) atoms. The predicted octanol–water partition coefficient (Wildman–Crippen LogP) is 2.54. The molecule has 3 heteroatoms. The first-order valence-electron chi connectivity index (χ1n) is 4.48. The minimum atomic E-state index is 0.473. The molecule has 1 rings (SSSR count). The fourth-order valence-electron chi connectivity index (χ4n) is 1.31. The van der Waals surface area contributed by atoms with E-state index in [1.54, 1.807) is 12.4 Å². The molecule has 0 saturated heterocycles. The molecule has 72 valence electrons. The van der Waals surface area contributed by atoms with E-state index < -0.39 is 0 Å². The molecule has 0 aliphatic rings. The molecular formula is C10H15ClN2. The van der Waals surface area contributed by atoms with Crippen LogP contribution in [-0.2, 0) is 0 Å². The Bertz CT molecular complexity index is 236. The number of hydrogen-bond acceptors (Lipinski definition) is 2. The molecular weight excluding hydrogens is 184 g/mol. The molecule has 0 amide bonds. The fourth-order valence-corrected chi connectivity index (χ4v) is 1.49. The van der Waals surface area contributed by atoms with Crippen molar-refractivity contribution in [2.45, 2.75) is 19.9 Å². The SMILES string of the molecule is CC(C)N(CCCl)c1ccncc1. The largest absolute Gasteiger partial charge is 0.368 e. The molecule has 0 spiro atoms. The first-order chi connectivity index (χ1) is 6.25. The van der Waals surface area contributed by atoms with Gasteiger partial charge in [-0.3, -0.25) is 4.98 Å². The Morgan fingerprint density at radius 2 is 2.00 bits per heavy atom. The number of hydrogen-bond donors (Lipinski definition) is 0. The second kappa shape index (κ2) is 5.07. The second-order valence-corrected chi connectivity index (χ2v) is 3.56. The van der Waals surface area contributed by atoms with Crippen molar-refractivity contribution in [3.8, 4) is 0 Å². The third-order valence-corrected chi connectivity index (χ3v) is 2.11. The molecule has 0 radical (unpaired) electrons. The Kier molecular flexibility index (Phi) is 4.03. The van der Waals surface area contributed by atoms with Gasteiger partial charge in [0.15, 0.2) is 0 Å². The molecule has 0 saturated carbocycles. The van der Waals surface area contributed by atoms with E-state index in [0.29, 0.717) is 11.9 Å². The molecule has 0 bridgehead atoms. The highest BCUT2D eigenvalue weighted by atomic mass is 35.5. The van der Waals surface area contributed by atoms with Crippen molar-refractivity contribution < 1.29 is 0 Å². The summed E-state index contributed by atoms with van der Waals surface area (Å²) in [4.78, 5) is 6.25. The van der Waals surface area contributed by atoms with E-state index in [9.17, 15) is 0 Å². The summed E-state index contributed by atoms with van der Waals surface area (Å²) >= 11 is 5.73. The van der Waals surface area contributed by atoms with Gasteiger partial charge in [-0.1, -0.05) is 0 Å². The van der Waals surface area contributed by atoms with Crippen molar-refractivity contribution in [3.05, 3.63) is 24.5 Å². The maximum atomic E-state index is 5.73. The maximum Gasteiger partial charge on any atom is 0.0399 e. The van der Waals surface area contributed by atoms with E-state index in [0.717, 1.165) is 6.54 Å². The molecule has 1 aromatic rings. The molecule has 1 heterocycles. The maximum absolute atomic E-state index is 5.73. The van der Waals surface area contributed by atoms with Gasteiger partial charge in [-0.25, -0.2) is 0 Å². The van der Waals surface area contributed by atoms with Crippen LogP contribution in [0.15, 0.2) is 24.5 Å². The minimum Gasteiger partial charge on any atom is -0.368 e. The van der Waals surface area contributed by atoms with Crippen LogP contribution in [0.25, 0.3) is 0 Å². The topological polar surface area (TPSA) is 16.1 Å². The first-order valence-corrected chi connectivity index (χ1v) is 5.01. The Morgan fingerprint density at radius 3 is 2.46 bits per heavy atom. The third kappa shape index (κ3) is 2.88. The van der Waals surface area contributed by atoms with Gasteiger partial charge in [0, 0.05) is 36.5 Å². The zero-order valence-corrected chi connectivity index (χ0v) is 8.83. The third-order valence-electron chi connectivity index (χ3n) is 1.94. The molecule has 0 aromatic carbocycles. The molecule has 0 N–H and O–H groups in total. The average molecular weight is 199 g/mol. The molecule has 0 aliphatic heterocycles. The summed E-state index contributed by atoms with van der Waals surface area (Å²) in [5.41, 5.74) is 1.19. The minimum absolute atomic E-state index is 0.473. The monoisotopic (exact) mass is 198 g/mol. The predicted molar refractivity (Wildman–Crippen MR) is 57.4 cm³/mol. The first kappa shape index (κ1) is 10.3. The average Bonchev–Trinajstić information content (AvgIpc) is 2.15. The van der Waals surface area contributed by atoms with E-state index in [4.69, 9.17) is 11.6 Å². The highest BCUT2D eigenvalue weighted by Crippen LogP contribution is 2.14. The summed E-state index contributed by atoms with van der Waals surface area (Å²) in [5.74, 6) is 0.653. The van der Waals surface area contributed by atoms with Crippen LogP contribution >= 0.6 is 11.6 Å². The molecule has 2 nitrogen and oxygen atoms in total. The normalized spacial score (nSPS) is 10.5. The van der Waals surface area contributed by atoms with Crippen LogP contribution < -0.4 is 4.90 Å². The van der Waals surface area contributed by atoms with Crippen LogP contribution in [0.4, 0.5) is 5.69 Å². The quantitative estimate of drug-likeness (QED) is 0.692. The van der Waals surface area contributed by atoms with Crippen molar-refractivity contribution in [2.75, 3.05) is 17.3 Å². The van der Waals surface area contributed by atoms with Gasteiger partial charge in [0.05, 0.1) is 0 Å². The molecule has 0 aliphatic carbocycles. The van der Waals surface area contributed by atoms with E-state index in [1.165, 1.54) is 5.69 Å². The Balaban J connectivity index is 2.76. The highest BCUT2D eigenvalue weighted by molar-refractivity contribution is 6.18. The summed E-state index contributed by atoms with van der Waals surface area (Å²) in [6.45, 7) is 5.20. The number of aromatic nitrogens is 1. The van der Waals surface area contributed by atoms with E-state index in [2.05, 4.69) is 23.7 Å². The van der Waals surface area contributed by atoms with Gasteiger partial charge in [0.1, 0.15) is 0 Å². The summed E-state index contributed by atoms with van der Waals surface area (Å²) in [5, 5.41) is 0. The number of pyridine rings is 1. The molecule has 0 atom stereocenters. The Hall–Kier alpha value is -0.760. The Morgan fingerprint density at radius 1 is 1.38 bits per heavy atom. The zero-order chi connectivity index (χ0) is 9.68. The highest BCUT2D eigenvalue weighted by Gasteiger charge is 2.08. The van der Waals surface area contributed by atoms with Gasteiger partial charge < -0.3 is 4.90 Å². The number of alkyl halides is 1. The molecule has 0 unspecified atom stereocenters. The lowest BCUT2D eigenvalue weighted by molar-refractivity contribution is 0.705. The standard InChI is InChI=1S/C10H15ClN2/c1-9(2)13(8-5-11)10-3-6-12-7-4-10/h3-4,6-7,9H,5,8H2,1-2H3. The zero-order valence-electron chi connectivity index (χ0n) is 8.07. The van der Waals surface area contributed by atoms with E-state index in [-0.39, 0.29) is 0 Å². The summed E-state index contributed by atoms with van der Waals surface area (Å²) < 4.78 is 0. The van der Waals surface area contributed by atoms with Crippen LogP contribution in [0, 0.1) is 0 Å². The van der Waals surface area contributed by atoms with E-state index >= 15 is 0 Å². The summed E-state index contributed by atoms with van der Waals surface area (Å²) in [6, 6.07) is 4.49. The fraction of sp³-hybridized carbons (Fsp3) is 0.500. The van der Waals surface area contributed by atoms with Crippen molar-refractivity contribution in [2.24, 2.45) is 0 Å². The number of halogens is 1. The van der Waals surface area contributed by atoms with Crippen LogP contribution in [0.1, 0.15) is 13.8 Å². The number of anilines is 1. The van der Waals surface area contributed by atoms with Crippen molar-refractivity contribution in [1.82, 2.24) is 4.98 Å². The van der Waals surface area contributed by atoms with Gasteiger partial charge in [-0.15, -0.1) is 11.6 Å². The Labute approximate surface area is 84.5 Å². The molecule has 1 aromatic heterocycles. The van der Waals surface area contributed by atoms with Gasteiger partial charge in [-0.2, -0.15) is 0 Å². The van der Waals surface area contributed by atoms with Gasteiger partial charge in [-0.05, 0) is 26.0 Å². The lowest BCUT2D eigenvalue weighted by Crippen LogP contribution is -2.32. The molecule has 0 fully saturated rings. The van der Waals surface area contributed by atoms with E-state index in [1.807, 2.05) is 12.1 Å². The second-order valence-electron chi connectivity index (χ2n) is 3.18. The number of rotatable bonds is 4. The van der Waals surface area contributed by atoms with Gasteiger partial charge in [0.25, 0.3) is 0 Å². The summed E-state index contributed by atoms with van der Waals surface area (Å²) in [6.07, 6.45) is 3.61. The van der Waals surface area contributed by atoms with Crippen molar-refractivity contribution in [3.63, 3.8) is 0 Å². The summed E-state index contributed by atoms with van der Waals surface area (Å²) in [7, 11) is 0. The van der Waals surface area contributed by atoms with Crippen LogP contribution in [0.5, 0.6) is 0 Å². The van der Waals surface area contributed by atoms with Crippen molar-refractivity contribution >= 4 is 17.3 Å². The van der Waals surface area contributed by atoms with Crippen LogP contribution in [0.3, 0.4) is 0 Å². The lowest BCUT2D eigenvalue weighted by Gasteiger charge is -2.27.